The standard InChI is InChI=1S/C12H16N2O3/c1-17-9-2-3-10(11(15)6-9)12(16)14-8-4-5-13-7-8/h2-3,6,8,13,15H,4-5,7H2,1H3,(H,14,16)/t8-/m0/s1. The highest BCUT2D eigenvalue weighted by Crippen LogP contribution is 2.23. The minimum absolute atomic E-state index is 0.0622. The van der Waals surface area contributed by atoms with E-state index in [1.54, 1.807) is 12.1 Å². The number of benzene rings is 1. The summed E-state index contributed by atoms with van der Waals surface area (Å²) in [6.45, 7) is 1.70. The number of hydrogen-bond donors (Lipinski definition) is 3. The third kappa shape index (κ3) is 2.68. The minimum atomic E-state index is -0.251. The summed E-state index contributed by atoms with van der Waals surface area (Å²) >= 11 is 0. The molecule has 0 aliphatic carbocycles. The van der Waals surface area contributed by atoms with Gasteiger partial charge in [-0.05, 0) is 25.1 Å². The summed E-state index contributed by atoms with van der Waals surface area (Å²) in [5.41, 5.74) is 0.276. The molecule has 92 valence electrons. The maximum atomic E-state index is 11.9. The molecule has 3 N–H and O–H groups in total. The van der Waals surface area contributed by atoms with E-state index in [-0.39, 0.29) is 23.3 Å². The number of methoxy groups -OCH3 is 1. The molecular weight excluding hydrogens is 220 g/mol. The lowest BCUT2D eigenvalue weighted by Gasteiger charge is -2.12. The number of amides is 1. The van der Waals surface area contributed by atoms with Gasteiger partial charge in [-0.15, -0.1) is 0 Å². The number of phenolic OH excluding ortho intramolecular Hbond substituents is 1. The van der Waals surface area contributed by atoms with Crippen molar-refractivity contribution in [2.24, 2.45) is 0 Å². The summed E-state index contributed by atoms with van der Waals surface area (Å²) in [6, 6.07) is 4.79. The molecular formula is C12H16N2O3. The van der Waals surface area contributed by atoms with Gasteiger partial charge in [-0.25, -0.2) is 0 Å². The van der Waals surface area contributed by atoms with Crippen molar-refractivity contribution in [1.29, 1.82) is 0 Å². The molecule has 1 heterocycles. The molecule has 17 heavy (non-hydrogen) atoms. The number of phenols is 1. The Bertz CT molecular complexity index is 414. The van der Waals surface area contributed by atoms with E-state index in [4.69, 9.17) is 4.74 Å². The van der Waals surface area contributed by atoms with Crippen LogP contribution in [0, 0.1) is 0 Å². The van der Waals surface area contributed by atoms with Crippen LogP contribution in [0.3, 0.4) is 0 Å². The molecule has 1 amide bonds. The van der Waals surface area contributed by atoms with Crippen LogP contribution < -0.4 is 15.4 Å². The highest BCUT2D eigenvalue weighted by molar-refractivity contribution is 5.97. The van der Waals surface area contributed by atoms with Gasteiger partial charge in [0.15, 0.2) is 0 Å². The Balaban J connectivity index is 2.07. The van der Waals surface area contributed by atoms with Crippen molar-refractivity contribution in [3.8, 4) is 11.5 Å². The van der Waals surface area contributed by atoms with Crippen LogP contribution in [-0.4, -0.2) is 37.3 Å². The fourth-order valence-corrected chi connectivity index (χ4v) is 1.87. The van der Waals surface area contributed by atoms with Crippen LogP contribution in [0.4, 0.5) is 0 Å². The quantitative estimate of drug-likeness (QED) is 0.714. The van der Waals surface area contributed by atoms with Crippen molar-refractivity contribution in [2.75, 3.05) is 20.2 Å². The predicted octanol–water partition coefficient (Wildman–Crippen LogP) is 0.492. The van der Waals surface area contributed by atoms with Gasteiger partial charge >= 0.3 is 0 Å². The number of carbonyl (C=O) groups excluding carboxylic acids is 1. The Labute approximate surface area is 99.8 Å². The van der Waals surface area contributed by atoms with Gasteiger partial charge in [-0.3, -0.25) is 4.79 Å². The first kappa shape index (κ1) is 11.7. The van der Waals surface area contributed by atoms with Gasteiger partial charge < -0.3 is 20.5 Å². The number of hydrogen-bond acceptors (Lipinski definition) is 4. The molecule has 5 nitrogen and oxygen atoms in total. The van der Waals surface area contributed by atoms with Crippen molar-refractivity contribution in [3.05, 3.63) is 23.8 Å². The van der Waals surface area contributed by atoms with Gasteiger partial charge in [0.05, 0.1) is 12.7 Å². The molecule has 5 heteroatoms. The largest absolute Gasteiger partial charge is 0.507 e. The first-order valence-electron chi connectivity index (χ1n) is 5.59. The molecule has 0 saturated carbocycles. The van der Waals surface area contributed by atoms with Crippen LogP contribution in [0.25, 0.3) is 0 Å². The zero-order chi connectivity index (χ0) is 12.3. The molecule has 0 bridgehead atoms. The summed E-state index contributed by atoms with van der Waals surface area (Å²) in [5, 5.41) is 15.7. The molecule has 1 aromatic rings. The lowest BCUT2D eigenvalue weighted by atomic mass is 10.1. The predicted molar refractivity (Wildman–Crippen MR) is 63.4 cm³/mol. The number of rotatable bonds is 3. The molecule has 1 aliphatic rings. The van der Waals surface area contributed by atoms with Crippen molar-refractivity contribution in [2.45, 2.75) is 12.5 Å². The average Bonchev–Trinajstić information content (AvgIpc) is 2.81. The highest BCUT2D eigenvalue weighted by Gasteiger charge is 2.19. The van der Waals surface area contributed by atoms with Crippen molar-refractivity contribution >= 4 is 5.91 Å². The van der Waals surface area contributed by atoms with Crippen LogP contribution in [0.15, 0.2) is 18.2 Å². The molecule has 0 aromatic heterocycles. The molecule has 0 radical (unpaired) electrons. The average molecular weight is 236 g/mol. The molecule has 1 aromatic carbocycles. The van der Waals surface area contributed by atoms with E-state index >= 15 is 0 Å². The summed E-state index contributed by atoms with van der Waals surface area (Å²) in [5.74, 6) is 0.216. The van der Waals surface area contributed by atoms with Gasteiger partial charge in [-0.2, -0.15) is 0 Å². The Morgan fingerprint density at radius 2 is 2.41 bits per heavy atom. The smallest absolute Gasteiger partial charge is 0.255 e. The number of aromatic hydroxyl groups is 1. The van der Waals surface area contributed by atoms with E-state index in [1.807, 2.05) is 0 Å². The van der Waals surface area contributed by atoms with Gasteiger partial charge in [0.25, 0.3) is 5.91 Å². The molecule has 0 unspecified atom stereocenters. The Morgan fingerprint density at radius 1 is 1.59 bits per heavy atom. The van der Waals surface area contributed by atoms with Crippen LogP contribution in [0.1, 0.15) is 16.8 Å². The maximum Gasteiger partial charge on any atom is 0.255 e. The van der Waals surface area contributed by atoms with Crippen molar-refractivity contribution in [1.82, 2.24) is 10.6 Å². The number of nitrogens with one attached hydrogen (secondary N) is 2. The van der Waals surface area contributed by atoms with Gasteiger partial charge in [-0.1, -0.05) is 0 Å². The molecule has 0 spiro atoms. The second kappa shape index (κ2) is 5.05. The second-order valence-corrected chi connectivity index (χ2v) is 4.05. The molecule has 1 aliphatic heterocycles. The molecule has 1 fully saturated rings. The Kier molecular flexibility index (Phi) is 3.49. The van der Waals surface area contributed by atoms with E-state index in [0.717, 1.165) is 19.5 Å². The normalized spacial score (nSPS) is 19.0. The van der Waals surface area contributed by atoms with E-state index < -0.39 is 0 Å². The first-order chi connectivity index (χ1) is 8.20. The second-order valence-electron chi connectivity index (χ2n) is 4.05. The molecule has 2 rings (SSSR count). The lowest BCUT2D eigenvalue weighted by Crippen LogP contribution is -2.36. The van der Waals surface area contributed by atoms with Crippen molar-refractivity contribution < 1.29 is 14.6 Å². The summed E-state index contributed by atoms with van der Waals surface area (Å²) < 4.78 is 4.96. The Morgan fingerprint density at radius 3 is 3.00 bits per heavy atom. The zero-order valence-corrected chi connectivity index (χ0v) is 9.69. The monoisotopic (exact) mass is 236 g/mol. The minimum Gasteiger partial charge on any atom is -0.507 e. The van der Waals surface area contributed by atoms with Crippen LogP contribution >= 0.6 is 0 Å². The van der Waals surface area contributed by atoms with Gasteiger partial charge in [0.1, 0.15) is 11.5 Å². The lowest BCUT2D eigenvalue weighted by molar-refractivity contribution is 0.0937. The summed E-state index contributed by atoms with van der Waals surface area (Å²) in [6.07, 6.45) is 0.919. The topological polar surface area (TPSA) is 70.6 Å². The molecule has 1 atom stereocenters. The van der Waals surface area contributed by atoms with Crippen LogP contribution in [-0.2, 0) is 0 Å². The fraction of sp³-hybridized carbons (Fsp3) is 0.417. The van der Waals surface area contributed by atoms with E-state index in [9.17, 15) is 9.90 Å². The third-order valence-electron chi connectivity index (χ3n) is 2.85. The van der Waals surface area contributed by atoms with Crippen LogP contribution in [0.2, 0.25) is 0 Å². The molecule has 1 saturated heterocycles. The van der Waals surface area contributed by atoms with Gasteiger partial charge in [0.2, 0.25) is 0 Å². The summed E-state index contributed by atoms with van der Waals surface area (Å²) in [7, 11) is 1.51. The SMILES string of the molecule is COc1ccc(C(=O)N[C@H]2CCNC2)c(O)c1. The highest BCUT2D eigenvalue weighted by atomic mass is 16.5. The fourth-order valence-electron chi connectivity index (χ4n) is 1.87. The number of carbonyl (C=O) groups is 1. The van der Waals surface area contributed by atoms with E-state index in [2.05, 4.69) is 10.6 Å². The van der Waals surface area contributed by atoms with Crippen LogP contribution in [0.5, 0.6) is 11.5 Å². The zero-order valence-electron chi connectivity index (χ0n) is 9.69. The van der Waals surface area contributed by atoms with E-state index in [1.165, 1.54) is 13.2 Å². The number of ether oxygens (including phenoxy) is 1. The van der Waals surface area contributed by atoms with Crippen molar-refractivity contribution in [3.63, 3.8) is 0 Å². The van der Waals surface area contributed by atoms with Gasteiger partial charge in [0, 0.05) is 18.7 Å². The maximum absolute atomic E-state index is 11.9. The van der Waals surface area contributed by atoms with E-state index in [0.29, 0.717) is 5.75 Å². The third-order valence-corrected chi connectivity index (χ3v) is 2.85. The Hall–Kier alpha value is -1.75. The summed E-state index contributed by atoms with van der Waals surface area (Å²) in [4.78, 5) is 11.9. The first-order valence-corrected chi connectivity index (χ1v) is 5.59.